The standard InChI is InChI=1S/C18H19NO5/c1-12(24-15-5-3-4-14(11-15)21-2)18(20)19-13-6-7-16-17(10-13)23-9-8-22-16/h3-7,10-12H,8-9H2,1-2H3,(H,19,20)/t12-/m1/s1. The monoisotopic (exact) mass is 329 g/mol. The zero-order valence-corrected chi connectivity index (χ0v) is 13.6. The molecule has 0 unspecified atom stereocenters. The van der Waals surface area contributed by atoms with Gasteiger partial charge in [0.1, 0.15) is 24.7 Å². The van der Waals surface area contributed by atoms with Crippen LogP contribution >= 0.6 is 0 Å². The average molecular weight is 329 g/mol. The molecular formula is C18H19NO5. The van der Waals surface area contributed by atoms with E-state index in [1.807, 2.05) is 6.07 Å². The quantitative estimate of drug-likeness (QED) is 0.914. The zero-order chi connectivity index (χ0) is 16.9. The van der Waals surface area contributed by atoms with Crippen molar-refractivity contribution in [3.63, 3.8) is 0 Å². The molecule has 0 radical (unpaired) electrons. The summed E-state index contributed by atoms with van der Waals surface area (Å²) in [6.45, 7) is 2.72. The molecule has 0 saturated carbocycles. The van der Waals surface area contributed by atoms with Crippen LogP contribution in [0, 0.1) is 0 Å². The predicted octanol–water partition coefficient (Wildman–Crippen LogP) is 2.87. The lowest BCUT2D eigenvalue weighted by molar-refractivity contribution is -0.122. The third-order valence-corrected chi connectivity index (χ3v) is 3.53. The van der Waals surface area contributed by atoms with Crippen LogP contribution in [0.1, 0.15) is 6.92 Å². The number of hydrogen-bond donors (Lipinski definition) is 1. The Hall–Kier alpha value is -2.89. The van der Waals surface area contributed by atoms with Crippen LogP contribution in [0.5, 0.6) is 23.0 Å². The first-order valence-corrected chi connectivity index (χ1v) is 7.67. The molecule has 1 aliphatic rings. The Bertz CT molecular complexity index is 731. The fourth-order valence-electron chi connectivity index (χ4n) is 2.30. The van der Waals surface area contributed by atoms with Gasteiger partial charge in [-0.3, -0.25) is 4.79 Å². The normalized spacial score (nSPS) is 13.8. The van der Waals surface area contributed by atoms with Crippen molar-refractivity contribution in [2.45, 2.75) is 13.0 Å². The maximum Gasteiger partial charge on any atom is 0.265 e. The molecule has 0 bridgehead atoms. The molecule has 1 atom stereocenters. The fraction of sp³-hybridized carbons (Fsp3) is 0.278. The van der Waals surface area contributed by atoms with Crippen LogP contribution in [0.25, 0.3) is 0 Å². The lowest BCUT2D eigenvalue weighted by atomic mass is 10.2. The van der Waals surface area contributed by atoms with Gasteiger partial charge in [-0.25, -0.2) is 0 Å². The van der Waals surface area contributed by atoms with Crippen molar-refractivity contribution in [1.29, 1.82) is 0 Å². The molecule has 0 saturated heterocycles. The Morgan fingerprint density at radius 2 is 1.83 bits per heavy atom. The zero-order valence-electron chi connectivity index (χ0n) is 13.6. The molecular weight excluding hydrogens is 310 g/mol. The van der Waals surface area contributed by atoms with Gasteiger partial charge in [0.25, 0.3) is 5.91 Å². The molecule has 2 aromatic rings. The minimum absolute atomic E-state index is 0.255. The van der Waals surface area contributed by atoms with E-state index in [4.69, 9.17) is 18.9 Å². The van der Waals surface area contributed by atoms with Gasteiger partial charge >= 0.3 is 0 Å². The average Bonchev–Trinajstić information content (AvgIpc) is 2.61. The van der Waals surface area contributed by atoms with Crippen LogP contribution < -0.4 is 24.3 Å². The van der Waals surface area contributed by atoms with E-state index in [-0.39, 0.29) is 5.91 Å². The molecule has 0 aliphatic carbocycles. The summed E-state index contributed by atoms with van der Waals surface area (Å²) in [7, 11) is 1.58. The van der Waals surface area contributed by atoms with Crippen LogP contribution in [0.15, 0.2) is 42.5 Å². The highest BCUT2D eigenvalue weighted by molar-refractivity contribution is 5.94. The number of nitrogens with one attached hydrogen (secondary N) is 1. The number of fused-ring (bicyclic) bond motifs is 1. The molecule has 3 rings (SSSR count). The summed E-state index contributed by atoms with van der Waals surface area (Å²) in [4.78, 5) is 12.3. The van der Waals surface area contributed by atoms with E-state index in [1.54, 1.807) is 50.4 Å². The third kappa shape index (κ3) is 3.71. The van der Waals surface area contributed by atoms with Crippen LogP contribution in [0.4, 0.5) is 5.69 Å². The maximum atomic E-state index is 12.3. The van der Waals surface area contributed by atoms with Gasteiger partial charge in [0, 0.05) is 17.8 Å². The van der Waals surface area contributed by atoms with Crippen molar-refractivity contribution in [2.24, 2.45) is 0 Å². The van der Waals surface area contributed by atoms with E-state index >= 15 is 0 Å². The summed E-state index contributed by atoms with van der Waals surface area (Å²) in [5.41, 5.74) is 0.630. The number of rotatable bonds is 5. The van der Waals surface area contributed by atoms with Gasteiger partial charge in [-0.2, -0.15) is 0 Å². The molecule has 0 aromatic heterocycles. The molecule has 1 amide bonds. The highest BCUT2D eigenvalue weighted by Gasteiger charge is 2.17. The maximum absolute atomic E-state index is 12.3. The van der Waals surface area contributed by atoms with E-state index in [0.29, 0.717) is 41.9 Å². The van der Waals surface area contributed by atoms with Crippen molar-refractivity contribution < 1.29 is 23.7 Å². The second-order valence-corrected chi connectivity index (χ2v) is 5.29. The first-order valence-electron chi connectivity index (χ1n) is 7.67. The van der Waals surface area contributed by atoms with E-state index in [0.717, 1.165) is 0 Å². The molecule has 1 heterocycles. The number of anilines is 1. The molecule has 0 fully saturated rings. The topological polar surface area (TPSA) is 66.0 Å². The van der Waals surface area contributed by atoms with Crippen molar-refractivity contribution >= 4 is 11.6 Å². The molecule has 1 N–H and O–H groups in total. The molecule has 2 aromatic carbocycles. The van der Waals surface area contributed by atoms with E-state index in [1.165, 1.54) is 0 Å². The molecule has 1 aliphatic heterocycles. The second kappa shape index (κ2) is 7.12. The van der Waals surface area contributed by atoms with E-state index in [9.17, 15) is 4.79 Å². The minimum Gasteiger partial charge on any atom is -0.497 e. The first kappa shape index (κ1) is 16.0. The van der Waals surface area contributed by atoms with E-state index < -0.39 is 6.10 Å². The van der Waals surface area contributed by atoms with Crippen molar-refractivity contribution in [2.75, 3.05) is 25.6 Å². The highest BCUT2D eigenvalue weighted by atomic mass is 16.6. The van der Waals surface area contributed by atoms with Crippen LogP contribution in [-0.4, -0.2) is 32.3 Å². The molecule has 6 nitrogen and oxygen atoms in total. The van der Waals surface area contributed by atoms with Gasteiger partial charge in [-0.1, -0.05) is 6.07 Å². The number of benzene rings is 2. The van der Waals surface area contributed by atoms with Crippen LogP contribution in [0.3, 0.4) is 0 Å². The largest absolute Gasteiger partial charge is 0.497 e. The summed E-state index contributed by atoms with van der Waals surface area (Å²) in [5, 5.41) is 2.81. The Balaban J connectivity index is 1.63. The Morgan fingerprint density at radius 1 is 1.08 bits per heavy atom. The lowest BCUT2D eigenvalue weighted by Gasteiger charge is -2.20. The third-order valence-electron chi connectivity index (χ3n) is 3.53. The summed E-state index contributed by atoms with van der Waals surface area (Å²) in [5.74, 6) is 2.29. The van der Waals surface area contributed by atoms with Gasteiger partial charge in [0.05, 0.1) is 7.11 Å². The molecule has 126 valence electrons. The van der Waals surface area contributed by atoms with Crippen molar-refractivity contribution in [1.82, 2.24) is 0 Å². The van der Waals surface area contributed by atoms with Gasteiger partial charge in [-0.15, -0.1) is 0 Å². The van der Waals surface area contributed by atoms with Crippen molar-refractivity contribution in [3.8, 4) is 23.0 Å². The smallest absolute Gasteiger partial charge is 0.265 e. The summed E-state index contributed by atoms with van der Waals surface area (Å²) < 4.78 is 21.8. The van der Waals surface area contributed by atoms with Gasteiger partial charge in [-0.05, 0) is 31.2 Å². The molecule has 6 heteroatoms. The number of hydrogen-bond acceptors (Lipinski definition) is 5. The number of ether oxygens (including phenoxy) is 4. The van der Waals surface area contributed by atoms with E-state index in [2.05, 4.69) is 5.32 Å². The first-order chi connectivity index (χ1) is 11.7. The number of methoxy groups -OCH3 is 1. The number of carbonyl (C=O) groups excluding carboxylic acids is 1. The SMILES string of the molecule is COc1cccc(O[C@H](C)C(=O)Nc2ccc3c(c2)OCCO3)c1. The number of carbonyl (C=O) groups is 1. The van der Waals surface area contributed by atoms with Crippen LogP contribution in [-0.2, 0) is 4.79 Å². The predicted molar refractivity (Wildman–Crippen MR) is 89.1 cm³/mol. The minimum atomic E-state index is -0.662. The van der Waals surface area contributed by atoms with Gasteiger partial charge in [0.15, 0.2) is 17.6 Å². The highest BCUT2D eigenvalue weighted by Crippen LogP contribution is 2.32. The van der Waals surface area contributed by atoms with Gasteiger partial charge < -0.3 is 24.3 Å². The summed E-state index contributed by atoms with van der Waals surface area (Å²) in [6.07, 6.45) is -0.662. The Morgan fingerprint density at radius 3 is 2.62 bits per heavy atom. The Kier molecular flexibility index (Phi) is 4.74. The molecule has 0 spiro atoms. The van der Waals surface area contributed by atoms with Gasteiger partial charge in [0.2, 0.25) is 0 Å². The summed E-state index contributed by atoms with van der Waals surface area (Å²) in [6, 6.07) is 12.4. The summed E-state index contributed by atoms with van der Waals surface area (Å²) >= 11 is 0. The lowest BCUT2D eigenvalue weighted by Crippen LogP contribution is -2.30. The number of amides is 1. The second-order valence-electron chi connectivity index (χ2n) is 5.29. The fourth-order valence-corrected chi connectivity index (χ4v) is 2.30. The van der Waals surface area contributed by atoms with Crippen molar-refractivity contribution in [3.05, 3.63) is 42.5 Å². The van der Waals surface area contributed by atoms with Crippen LogP contribution in [0.2, 0.25) is 0 Å². The Labute approximate surface area is 140 Å². The molecule has 24 heavy (non-hydrogen) atoms.